The second kappa shape index (κ2) is 8.10. The number of rotatable bonds is 4. The molecule has 3 heteroatoms. The fraction of sp³-hybridized carbons (Fsp3) is 0.680. The van der Waals surface area contributed by atoms with Crippen LogP contribution >= 0.6 is 0 Å². The highest BCUT2D eigenvalue weighted by Gasteiger charge is 2.35. The van der Waals surface area contributed by atoms with Gasteiger partial charge in [-0.1, -0.05) is 20.3 Å². The van der Waals surface area contributed by atoms with Crippen LogP contribution in [0.3, 0.4) is 0 Å². The van der Waals surface area contributed by atoms with Crippen LogP contribution in [0.5, 0.6) is 5.75 Å². The fourth-order valence-corrected chi connectivity index (χ4v) is 6.18. The highest BCUT2D eigenvalue weighted by molar-refractivity contribution is 5.87. The molecule has 0 radical (unpaired) electrons. The molecule has 0 amide bonds. The summed E-state index contributed by atoms with van der Waals surface area (Å²) in [6, 6.07) is 7.45. The molecule has 1 fully saturated rings. The van der Waals surface area contributed by atoms with E-state index in [9.17, 15) is 0 Å². The third-order valence-corrected chi connectivity index (χ3v) is 7.53. The summed E-state index contributed by atoms with van der Waals surface area (Å²) < 4.78 is 8.44. The number of hydrogen-bond donors (Lipinski definition) is 0. The van der Waals surface area contributed by atoms with Crippen LogP contribution in [0.4, 0.5) is 0 Å². The van der Waals surface area contributed by atoms with Crippen molar-refractivity contribution in [1.29, 1.82) is 0 Å². The summed E-state index contributed by atoms with van der Waals surface area (Å²) in [6.45, 7) is 15.9. The predicted octanol–water partition coefficient (Wildman–Crippen LogP) is 5.85. The Balaban J connectivity index is 1.80. The molecule has 2 aliphatic heterocycles. The van der Waals surface area contributed by atoms with E-state index >= 15 is 0 Å². The molecule has 4 rings (SSSR count). The van der Waals surface area contributed by atoms with Crippen LogP contribution in [0.15, 0.2) is 18.2 Å². The van der Waals surface area contributed by atoms with E-state index in [4.69, 9.17) is 4.74 Å². The van der Waals surface area contributed by atoms with Crippen molar-refractivity contribution in [3.8, 4) is 5.75 Å². The Morgan fingerprint density at radius 3 is 2.64 bits per heavy atom. The van der Waals surface area contributed by atoms with Crippen molar-refractivity contribution >= 4 is 10.9 Å². The molecule has 0 aliphatic carbocycles. The van der Waals surface area contributed by atoms with E-state index < -0.39 is 0 Å². The van der Waals surface area contributed by atoms with Crippen molar-refractivity contribution in [2.24, 2.45) is 11.8 Å². The number of fused-ring (bicyclic) bond motifs is 5. The Bertz CT molecular complexity index is 824. The van der Waals surface area contributed by atoms with E-state index in [1.807, 2.05) is 0 Å². The molecule has 1 aromatic carbocycles. The van der Waals surface area contributed by atoms with Gasteiger partial charge < -0.3 is 9.30 Å². The van der Waals surface area contributed by atoms with Crippen LogP contribution in [-0.4, -0.2) is 35.2 Å². The number of piperidine rings is 1. The number of hydrogen-bond acceptors (Lipinski definition) is 2. The molecule has 0 saturated carbocycles. The number of aromatic nitrogens is 1. The lowest BCUT2D eigenvalue weighted by molar-refractivity contribution is 0.0605. The summed E-state index contributed by atoms with van der Waals surface area (Å²) in [6.07, 6.45) is 5.21. The van der Waals surface area contributed by atoms with E-state index in [2.05, 4.69) is 62.3 Å². The summed E-state index contributed by atoms with van der Waals surface area (Å²) in [7, 11) is 0. The molecule has 3 heterocycles. The predicted molar refractivity (Wildman–Crippen MR) is 118 cm³/mol. The van der Waals surface area contributed by atoms with Crippen LogP contribution in [0.1, 0.15) is 71.1 Å². The Kier molecular flexibility index (Phi) is 5.73. The van der Waals surface area contributed by atoms with E-state index in [1.165, 1.54) is 43.3 Å². The van der Waals surface area contributed by atoms with Gasteiger partial charge in [0, 0.05) is 42.3 Å². The van der Waals surface area contributed by atoms with Crippen molar-refractivity contribution in [1.82, 2.24) is 9.47 Å². The molecule has 0 N–H and O–H groups in total. The first-order chi connectivity index (χ1) is 13.6. The lowest BCUT2D eigenvalue weighted by Gasteiger charge is -2.43. The smallest absolute Gasteiger partial charge is 0.120 e. The molecule has 2 bridgehead atoms. The number of nitrogens with zero attached hydrogens (tertiary/aromatic N) is 2. The average Bonchev–Trinajstić information content (AvgIpc) is 3.02. The Morgan fingerprint density at radius 1 is 1.11 bits per heavy atom. The first-order valence-corrected chi connectivity index (χ1v) is 11.6. The molecule has 5 unspecified atom stereocenters. The van der Waals surface area contributed by atoms with Gasteiger partial charge >= 0.3 is 0 Å². The van der Waals surface area contributed by atoms with Gasteiger partial charge in [0.1, 0.15) is 5.75 Å². The quantitative estimate of drug-likeness (QED) is 0.660. The van der Waals surface area contributed by atoms with Gasteiger partial charge in [-0.15, -0.1) is 0 Å². The van der Waals surface area contributed by atoms with Crippen molar-refractivity contribution in [3.05, 3.63) is 29.5 Å². The molecule has 5 atom stereocenters. The minimum atomic E-state index is 0.619. The first kappa shape index (κ1) is 19.8. The van der Waals surface area contributed by atoms with Crippen molar-refractivity contribution in [3.63, 3.8) is 0 Å². The largest absolute Gasteiger partial charge is 0.494 e. The fourth-order valence-electron chi connectivity index (χ4n) is 6.18. The zero-order valence-electron chi connectivity index (χ0n) is 18.5. The van der Waals surface area contributed by atoms with Crippen LogP contribution in [0, 0.1) is 11.8 Å². The molecular formula is C25H38N2O. The zero-order valence-corrected chi connectivity index (χ0v) is 18.5. The Hall–Kier alpha value is -1.48. The van der Waals surface area contributed by atoms with Gasteiger partial charge in [0.25, 0.3) is 0 Å². The van der Waals surface area contributed by atoms with Gasteiger partial charge in [-0.05, 0) is 81.5 Å². The minimum absolute atomic E-state index is 0.619. The van der Waals surface area contributed by atoms with Gasteiger partial charge in [0.2, 0.25) is 0 Å². The lowest BCUT2D eigenvalue weighted by atomic mass is 9.78. The maximum Gasteiger partial charge on any atom is 0.120 e. The zero-order chi connectivity index (χ0) is 19.8. The van der Waals surface area contributed by atoms with Crippen LogP contribution < -0.4 is 4.74 Å². The molecule has 154 valence electrons. The third kappa shape index (κ3) is 3.36. The second-order valence-corrected chi connectivity index (χ2v) is 9.11. The summed E-state index contributed by atoms with van der Waals surface area (Å²) in [5.41, 5.74) is 4.57. The van der Waals surface area contributed by atoms with Gasteiger partial charge in [-0.3, -0.25) is 4.90 Å². The minimum Gasteiger partial charge on any atom is -0.494 e. The van der Waals surface area contributed by atoms with E-state index in [-0.39, 0.29) is 0 Å². The average molecular weight is 383 g/mol. The molecule has 2 aromatic rings. The topological polar surface area (TPSA) is 17.4 Å². The van der Waals surface area contributed by atoms with Gasteiger partial charge in [-0.25, -0.2) is 0 Å². The highest BCUT2D eigenvalue weighted by atomic mass is 16.5. The second-order valence-electron chi connectivity index (χ2n) is 9.11. The van der Waals surface area contributed by atoms with E-state index in [1.54, 1.807) is 11.3 Å². The summed E-state index contributed by atoms with van der Waals surface area (Å²) >= 11 is 0. The molecular weight excluding hydrogens is 344 g/mol. The standard InChI is InChI=1S/C25H38N2O/c1-6-20-14-19-13-17(4)25-22(11-12-26(16-19)18(20)5)23-15-21(28-8-3)9-10-24(23)27(25)7-2/h9-10,15,17-20H,6-8,11-14,16H2,1-5H3. The molecule has 0 spiro atoms. The Labute approximate surface area is 171 Å². The van der Waals surface area contributed by atoms with Crippen molar-refractivity contribution < 1.29 is 4.74 Å². The van der Waals surface area contributed by atoms with Gasteiger partial charge in [0.05, 0.1) is 6.61 Å². The molecule has 1 saturated heterocycles. The van der Waals surface area contributed by atoms with Crippen molar-refractivity contribution in [2.45, 2.75) is 78.8 Å². The van der Waals surface area contributed by atoms with Crippen LogP contribution in [-0.2, 0) is 13.0 Å². The monoisotopic (exact) mass is 382 g/mol. The Morgan fingerprint density at radius 2 is 1.93 bits per heavy atom. The maximum absolute atomic E-state index is 5.85. The van der Waals surface area contributed by atoms with Crippen LogP contribution in [0.25, 0.3) is 10.9 Å². The van der Waals surface area contributed by atoms with Crippen molar-refractivity contribution in [2.75, 3.05) is 19.7 Å². The van der Waals surface area contributed by atoms with E-state index in [0.717, 1.165) is 43.2 Å². The SMILES string of the molecule is CCOc1ccc2c(c1)c1c(n2CC)C(C)CC2CC(CC)C(C)N(CC1)C2. The number of ether oxygens (including phenoxy) is 1. The summed E-state index contributed by atoms with van der Waals surface area (Å²) in [5, 5.41) is 1.42. The highest BCUT2D eigenvalue weighted by Crippen LogP contribution is 2.41. The van der Waals surface area contributed by atoms with Gasteiger partial charge in [0.15, 0.2) is 0 Å². The lowest BCUT2D eigenvalue weighted by Crippen LogP contribution is -2.47. The summed E-state index contributed by atoms with van der Waals surface area (Å²) in [4.78, 5) is 2.80. The normalized spacial score (nSPS) is 30.4. The van der Waals surface area contributed by atoms with E-state index in [0.29, 0.717) is 5.92 Å². The van der Waals surface area contributed by atoms with Crippen LogP contribution in [0.2, 0.25) is 0 Å². The molecule has 3 nitrogen and oxygen atoms in total. The first-order valence-electron chi connectivity index (χ1n) is 11.6. The third-order valence-electron chi connectivity index (χ3n) is 7.53. The number of benzene rings is 1. The number of aryl methyl sites for hydroxylation is 1. The van der Waals surface area contributed by atoms with Gasteiger partial charge in [-0.2, -0.15) is 0 Å². The maximum atomic E-state index is 5.85. The summed E-state index contributed by atoms with van der Waals surface area (Å²) in [5.74, 6) is 3.33. The molecule has 1 aromatic heterocycles. The molecule has 28 heavy (non-hydrogen) atoms. The molecule has 2 aliphatic rings.